The van der Waals surface area contributed by atoms with E-state index in [9.17, 15) is 26.4 Å². The third-order valence-corrected chi connectivity index (χ3v) is 11.4. The van der Waals surface area contributed by atoms with Crippen LogP contribution in [0.25, 0.3) is 11.1 Å². The van der Waals surface area contributed by atoms with Crippen molar-refractivity contribution in [3.05, 3.63) is 95.1 Å². The fraction of sp³-hybridized carbons (Fsp3) is 0.188. The lowest BCUT2D eigenvalue weighted by molar-refractivity contribution is 0.0498. The van der Waals surface area contributed by atoms with Gasteiger partial charge in [-0.25, -0.2) is 26.4 Å². The van der Waals surface area contributed by atoms with Crippen molar-refractivity contribution in [2.45, 2.75) is 20.7 Å². The Labute approximate surface area is 264 Å². The Morgan fingerprint density at radius 2 is 0.870 bits per heavy atom. The van der Waals surface area contributed by atoms with Crippen LogP contribution in [0.15, 0.2) is 82.6 Å². The van der Waals surface area contributed by atoms with Crippen molar-refractivity contribution in [2.24, 2.45) is 0 Å². The highest BCUT2D eigenvalue weighted by atomic mass is 32.2. The standard InChI is InChI=1S/C32H26O12S2/c1-39-21-15-19-23(29(33)43-31(19)45(35,36)17-11-7-5-8-12-17)27(41-3)25(21)26-22(40-2)16-20-24(28(26)42-4)30(34)44-32(20)46(37,38)18-13-9-6-10-14-18/h5-16,31-32H,1-4H3. The number of hydrogen-bond acceptors (Lipinski definition) is 12. The van der Waals surface area contributed by atoms with E-state index in [4.69, 9.17) is 28.4 Å². The Morgan fingerprint density at radius 1 is 0.522 bits per heavy atom. The van der Waals surface area contributed by atoms with Gasteiger partial charge in [0, 0.05) is 11.1 Å². The van der Waals surface area contributed by atoms with Crippen molar-refractivity contribution in [3.63, 3.8) is 0 Å². The molecule has 0 radical (unpaired) electrons. The molecule has 2 aliphatic rings. The normalized spacial score (nSPS) is 17.0. The summed E-state index contributed by atoms with van der Waals surface area (Å²) in [6.45, 7) is 0. The predicted molar refractivity (Wildman–Crippen MR) is 162 cm³/mol. The van der Waals surface area contributed by atoms with Gasteiger partial charge in [0.25, 0.3) is 0 Å². The van der Waals surface area contributed by atoms with Crippen molar-refractivity contribution >= 4 is 31.6 Å². The molecule has 2 aliphatic heterocycles. The molecule has 0 aromatic heterocycles. The third kappa shape index (κ3) is 4.55. The van der Waals surface area contributed by atoms with E-state index in [1.807, 2.05) is 0 Å². The maximum absolute atomic E-state index is 13.6. The largest absolute Gasteiger partial charge is 0.496 e. The monoisotopic (exact) mass is 666 g/mol. The number of methoxy groups -OCH3 is 4. The number of fused-ring (bicyclic) bond motifs is 2. The second kappa shape index (κ2) is 11.4. The van der Waals surface area contributed by atoms with Crippen molar-refractivity contribution in [3.8, 4) is 34.1 Å². The lowest BCUT2D eigenvalue weighted by atomic mass is 9.92. The number of ether oxygens (including phenoxy) is 6. The first-order valence-electron chi connectivity index (χ1n) is 13.6. The SMILES string of the molecule is COc1cc2c(c(OC)c1-c1c(OC)cc3c(c1OC)C(=O)OC3S(=O)(=O)c1ccccc1)C(=O)OC2S(=O)(=O)c1ccccc1. The minimum Gasteiger partial charge on any atom is -0.496 e. The summed E-state index contributed by atoms with van der Waals surface area (Å²) < 4.78 is 87.9. The zero-order valence-electron chi connectivity index (χ0n) is 24.8. The van der Waals surface area contributed by atoms with Crippen LogP contribution in [0.1, 0.15) is 42.7 Å². The molecule has 0 fully saturated rings. The molecule has 2 atom stereocenters. The lowest BCUT2D eigenvalue weighted by Gasteiger charge is -2.22. The first-order chi connectivity index (χ1) is 22.0. The predicted octanol–water partition coefficient (Wildman–Crippen LogP) is 4.67. The molecule has 0 spiro atoms. The van der Waals surface area contributed by atoms with Gasteiger partial charge in [-0.3, -0.25) is 0 Å². The maximum Gasteiger partial charge on any atom is 0.344 e. The van der Waals surface area contributed by atoms with Crippen molar-refractivity contribution in [1.82, 2.24) is 0 Å². The Kier molecular flexibility index (Phi) is 7.65. The molecule has 12 nitrogen and oxygen atoms in total. The fourth-order valence-corrected chi connectivity index (χ4v) is 8.71. The smallest absolute Gasteiger partial charge is 0.344 e. The molecule has 0 N–H and O–H groups in total. The average Bonchev–Trinajstić information content (AvgIpc) is 3.60. The number of rotatable bonds is 9. The minimum absolute atomic E-state index is 0.0125. The van der Waals surface area contributed by atoms with Gasteiger partial charge in [-0.1, -0.05) is 36.4 Å². The van der Waals surface area contributed by atoms with Crippen molar-refractivity contribution in [2.75, 3.05) is 28.4 Å². The number of carbonyl (C=O) groups excluding carboxylic acids is 2. The topological polar surface area (TPSA) is 158 Å². The molecule has 0 amide bonds. The summed E-state index contributed by atoms with van der Waals surface area (Å²) in [5.41, 5.74) is -3.76. The molecule has 0 saturated heterocycles. The van der Waals surface area contributed by atoms with E-state index in [0.717, 1.165) is 0 Å². The summed E-state index contributed by atoms with van der Waals surface area (Å²) >= 11 is 0. The zero-order valence-corrected chi connectivity index (χ0v) is 26.4. The fourth-order valence-electron chi connectivity index (χ4n) is 5.67. The lowest BCUT2D eigenvalue weighted by Crippen LogP contribution is -2.14. The molecule has 0 bridgehead atoms. The van der Waals surface area contributed by atoms with E-state index in [-0.39, 0.29) is 66.2 Å². The molecule has 14 heteroatoms. The summed E-state index contributed by atoms with van der Waals surface area (Å²) in [4.78, 5) is 26.6. The first kappa shape index (κ1) is 30.9. The van der Waals surface area contributed by atoms with E-state index in [1.54, 1.807) is 36.4 Å². The van der Waals surface area contributed by atoms with Gasteiger partial charge in [0.15, 0.2) is 0 Å². The van der Waals surface area contributed by atoms with Crippen molar-refractivity contribution < 1.29 is 54.8 Å². The van der Waals surface area contributed by atoms with Gasteiger partial charge in [-0.2, -0.15) is 0 Å². The van der Waals surface area contributed by atoms with Crippen LogP contribution in [0.5, 0.6) is 23.0 Å². The van der Waals surface area contributed by atoms with Crippen molar-refractivity contribution in [1.29, 1.82) is 0 Å². The third-order valence-electron chi connectivity index (χ3n) is 7.70. The van der Waals surface area contributed by atoms with Crippen LogP contribution in [0.2, 0.25) is 0 Å². The highest BCUT2D eigenvalue weighted by molar-refractivity contribution is 7.91. The number of cyclic esters (lactones) is 2. The van der Waals surface area contributed by atoms with Crippen LogP contribution < -0.4 is 18.9 Å². The quantitative estimate of drug-likeness (QED) is 0.228. The average molecular weight is 667 g/mol. The van der Waals surface area contributed by atoms with E-state index in [1.165, 1.54) is 64.8 Å². The Morgan fingerprint density at radius 3 is 1.17 bits per heavy atom. The van der Waals surface area contributed by atoms with E-state index < -0.39 is 42.5 Å². The maximum atomic E-state index is 13.6. The Hall–Kier alpha value is -5.08. The summed E-state index contributed by atoms with van der Waals surface area (Å²) in [5, 5.41) is 0. The highest BCUT2D eigenvalue weighted by Gasteiger charge is 2.48. The summed E-state index contributed by atoms with van der Waals surface area (Å²) in [5.74, 6) is -2.24. The van der Waals surface area contributed by atoms with Gasteiger partial charge in [0.05, 0.1) is 49.4 Å². The van der Waals surface area contributed by atoms with Crippen LogP contribution in [-0.4, -0.2) is 57.2 Å². The molecule has 4 aromatic rings. The van der Waals surface area contributed by atoms with Gasteiger partial charge in [0.1, 0.15) is 34.1 Å². The van der Waals surface area contributed by atoms with Crippen LogP contribution in [0.4, 0.5) is 0 Å². The van der Waals surface area contributed by atoms with E-state index in [0.29, 0.717) is 0 Å². The summed E-state index contributed by atoms with van der Waals surface area (Å²) in [6.07, 6.45) is 0. The van der Waals surface area contributed by atoms with Crippen LogP contribution in [-0.2, 0) is 29.1 Å². The highest BCUT2D eigenvalue weighted by Crippen LogP contribution is 2.57. The molecule has 46 heavy (non-hydrogen) atoms. The molecular weight excluding hydrogens is 640 g/mol. The van der Waals surface area contributed by atoms with E-state index >= 15 is 0 Å². The molecular formula is C32H26O12S2. The second-order valence-corrected chi connectivity index (χ2v) is 14.1. The summed E-state index contributed by atoms with van der Waals surface area (Å²) in [7, 11) is -3.30. The first-order valence-corrected chi connectivity index (χ1v) is 16.7. The Balaban J connectivity index is 1.60. The number of benzene rings is 4. The molecule has 238 valence electrons. The van der Waals surface area contributed by atoms with Gasteiger partial charge < -0.3 is 28.4 Å². The molecule has 6 rings (SSSR count). The number of carbonyl (C=O) groups is 2. The number of sulfone groups is 2. The number of hydrogen-bond donors (Lipinski definition) is 0. The molecule has 2 heterocycles. The van der Waals surface area contributed by atoms with Crippen LogP contribution in [0.3, 0.4) is 0 Å². The van der Waals surface area contributed by atoms with Crippen LogP contribution in [0, 0.1) is 0 Å². The molecule has 0 aliphatic carbocycles. The van der Waals surface area contributed by atoms with E-state index in [2.05, 4.69) is 0 Å². The second-order valence-electron chi connectivity index (χ2n) is 10.1. The van der Waals surface area contributed by atoms with Gasteiger partial charge >= 0.3 is 11.9 Å². The van der Waals surface area contributed by atoms with Gasteiger partial charge in [0.2, 0.25) is 30.5 Å². The van der Waals surface area contributed by atoms with Crippen LogP contribution >= 0.6 is 0 Å². The number of esters is 2. The molecule has 2 unspecified atom stereocenters. The molecule has 4 aromatic carbocycles. The minimum atomic E-state index is -4.22. The zero-order chi connectivity index (χ0) is 33.0. The van der Waals surface area contributed by atoms with Gasteiger partial charge in [-0.15, -0.1) is 0 Å². The Bertz CT molecular complexity index is 1960. The summed E-state index contributed by atoms with van der Waals surface area (Å²) in [6, 6.07) is 17.7. The van der Waals surface area contributed by atoms with Gasteiger partial charge in [-0.05, 0) is 36.4 Å². The molecule has 0 saturated carbocycles.